The molecular weight excluding hydrogens is 592 g/mol. The van der Waals surface area contributed by atoms with Crippen LogP contribution in [0, 0.1) is 11.8 Å². The van der Waals surface area contributed by atoms with E-state index in [9.17, 15) is 14.5 Å². The van der Waals surface area contributed by atoms with E-state index >= 15 is 0 Å². The number of aromatic nitrogens is 1. The van der Waals surface area contributed by atoms with E-state index in [4.69, 9.17) is 25.8 Å². The molecule has 1 unspecified atom stereocenters. The van der Waals surface area contributed by atoms with Crippen LogP contribution in [0.1, 0.15) is 42.4 Å². The molecule has 1 aliphatic heterocycles. The monoisotopic (exact) mass is 630 g/mol. The number of hydrogen-bond acceptors (Lipinski definition) is 10. The Kier molecular flexibility index (Phi) is 11.2. The average molecular weight is 631 g/mol. The predicted octanol–water partition coefficient (Wildman–Crippen LogP) is 5.56. The highest BCUT2D eigenvalue weighted by Gasteiger charge is 2.28. The van der Waals surface area contributed by atoms with Gasteiger partial charge in [-0.1, -0.05) is 11.6 Å². The molecule has 0 aliphatic carbocycles. The highest BCUT2D eigenvalue weighted by Crippen LogP contribution is 2.31. The first-order chi connectivity index (χ1) is 20.5. The van der Waals surface area contributed by atoms with E-state index < -0.39 is 5.97 Å². The Morgan fingerprint density at radius 1 is 1.07 bits per heavy atom. The molecule has 0 spiro atoms. The van der Waals surface area contributed by atoms with Gasteiger partial charge < -0.3 is 14.2 Å². The van der Waals surface area contributed by atoms with E-state index in [2.05, 4.69) is 14.4 Å². The van der Waals surface area contributed by atoms with Gasteiger partial charge in [0.05, 0.1) is 25.7 Å². The molecule has 1 fully saturated rings. The lowest BCUT2D eigenvalue weighted by molar-refractivity contribution is -0.147. The molecule has 1 aromatic heterocycles. The number of benzene rings is 2. The highest BCUT2D eigenvalue weighted by molar-refractivity contribution is 7.99. The number of fused-ring (bicyclic) bond motifs is 1. The van der Waals surface area contributed by atoms with Crippen molar-refractivity contribution in [3.63, 3.8) is 0 Å². The van der Waals surface area contributed by atoms with Crippen molar-refractivity contribution in [3.05, 3.63) is 69.2 Å². The van der Waals surface area contributed by atoms with Crippen LogP contribution in [0.2, 0.25) is 5.02 Å². The molecule has 232 valence electrons. The highest BCUT2D eigenvalue weighted by atomic mass is 35.5. The number of ether oxygens (including phenoxy) is 3. The number of esters is 1. The average Bonchev–Trinajstić information content (AvgIpc) is 3.25. The molecule has 3 aromatic rings. The summed E-state index contributed by atoms with van der Waals surface area (Å²) >= 11 is 7.10. The second-order valence-corrected chi connectivity index (χ2v) is 13.1. The van der Waals surface area contributed by atoms with Crippen LogP contribution >= 0.6 is 23.5 Å². The molecule has 2 heterocycles. The second kappa shape index (κ2) is 14.7. The summed E-state index contributed by atoms with van der Waals surface area (Å²) in [7, 11) is 1.58. The van der Waals surface area contributed by atoms with Crippen LogP contribution in [0.3, 0.4) is 0 Å². The Morgan fingerprint density at radius 2 is 1.77 bits per heavy atom. The van der Waals surface area contributed by atoms with Gasteiger partial charge in [0.25, 0.3) is 5.91 Å². The summed E-state index contributed by atoms with van der Waals surface area (Å²) in [5.74, 6) is 0.00817. The van der Waals surface area contributed by atoms with Gasteiger partial charge in [-0.3, -0.25) is 24.0 Å². The molecular formula is C31H39ClN4O6S. The number of rotatable bonds is 13. The molecule has 10 nitrogen and oxygen atoms in total. The van der Waals surface area contributed by atoms with Crippen molar-refractivity contribution in [2.24, 2.45) is 4.58 Å². The number of nitroso groups, excluding NO2 is 1. The Morgan fingerprint density at radius 3 is 2.42 bits per heavy atom. The largest absolute Gasteiger partial charge is 0.497 e. The van der Waals surface area contributed by atoms with Crippen molar-refractivity contribution in [1.82, 2.24) is 14.4 Å². The molecule has 1 saturated heterocycles. The minimum atomic E-state index is -0.404. The minimum Gasteiger partial charge on any atom is -0.497 e. The summed E-state index contributed by atoms with van der Waals surface area (Å²) in [6.45, 7) is 12.5. The molecule has 4 rings (SSSR count). The van der Waals surface area contributed by atoms with Gasteiger partial charge in [-0.15, -0.1) is 4.91 Å². The molecule has 2 aromatic carbocycles. The fourth-order valence-electron chi connectivity index (χ4n) is 5.42. The number of nitrogens with zero attached hydrogens (tertiary/aromatic N) is 4. The van der Waals surface area contributed by atoms with Crippen molar-refractivity contribution >= 4 is 46.3 Å². The fourth-order valence-corrected chi connectivity index (χ4v) is 5.99. The summed E-state index contributed by atoms with van der Waals surface area (Å²) in [5.41, 5.74) is 2.54. The number of halogens is 1. The zero-order chi connectivity index (χ0) is 31.1. The van der Waals surface area contributed by atoms with Crippen molar-refractivity contribution in [2.45, 2.75) is 45.1 Å². The van der Waals surface area contributed by atoms with Crippen LogP contribution in [0.25, 0.3) is 10.9 Å². The van der Waals surface area contributed by atoms with Crippen molar-refractivity contribution in [3.8, 4) is 5.75 Å². The number of carbonyl (C=O) groups is 2. The lowest BCUT2D eigenvalue weighted by Crippen LogP contribution is -2.52. The van der Waals surface area contributed by atoms with Gasteiger partial charge in [0.2, 0.25) is 0 Å². The van der Waals surface area contributed by atoms with Crippen LogP contribution in [0.5, 0.6) is 5.75 Å². The summed E-state index contributed by atoms with van der Waals surface area (Å²) in [6, 6.07) is 12.2. The zero-order valence-corrected chi connectivity index (χ0v) is 26.9. The molecule has 0 radical (unpaired) electrons. The Hall–Kier alpha value is -2.96. The summed E-state index contributed by atoms with van der Waals surface area (Å²) in [5, 5.41) is 1.30. The topological polar surface area (TPSA) is 103 Å². The van der Waals surface area contributed by atoms with Crippen LogP contribution in [0.4, 0.5) is 0 Å². The number of carbonyl (C=O) groups excluding carboxylic acids is 2. The first-order valence-electron chi connectivity index (χ1n) is 14.3. The summed E-state index contributed by atoms with van der Waals surface area (Å²) in [4.78, 5) is 41.7. The molecule has 12 heteroatoms. The van der Waals surface area contributed by atoms with E-state index in [1.54, 1.807) is 42.0 Å². The number of piperazine rings is 1. The molecule has 1 aliphatic rings. The molecule has 1 atom stereocenters. The number of methoxy groups -OCH3 is 1. The van der Waals surface area contributed by atoms with Gasteiger partial charge in [0, 0.05) is 75.7 Å². The van der Waals surface area contributed by atoms with E-state index in [1.807, 2.05) is 39.8 Å². The van der Waals surface area contributed by atoms with Gasteiger partial charge in [0.1, 0.15) is 18.6 Å². The molecule has 0 saturated carbocycles. The van der Waals surface area contributed by atoms with Gasteiger partial charge in [-0.25, -0.2) is 0 Å². The Balaban J connectivity index is 1.33. The summed E-state index contributed by atoms with van der Waals surface area (Å²) in [6.07, 6.45) is -0.117. The van der Waals surface area contributed by atoms with Gasteiger partial charge in [-0.2, -0.15) is 0 Å². The van der Waals surface area contributed by atoms with Crippen molar-refractivity contribution < 1.29 is 23.8 Å². The third-order valence-corrected chi connectivity index (χ3v) is 8.62. The molecule has 0 amide bonds. The Bertz CT molecular complexity index is 1440. The standard InChI is InChI=1S/C31H39ClN4O6S/c1-21-26(27-18-25(40-5)10-11-28(27)36(21)30(38)23-6-8-24(32)9-7-23)19-29(37)42-17-16-41-22(2)35-14-12-34(13-15-35)20-31(3,4)43-33-39/h6-11,18,22H,12-17,19-20H2,1-5H3. The molecule has 0 bridgehead atoms. The van der Waals surface area contributed by atoms with Gasteiger partial charge >= 0.3 is 5.97 Å². The Labute approximate surface area is 261 Å². The van der Waals surface area contributed by atoms with E-state index in [0.29, 0.717) is 33.1 Å². The minimum absolute atomic E-state index is 0.00215. The van der Waals surface area contributed by atoms with Crippen molar-refractivity contribution in [2.75, 3.05) is 53.0 Å². The van der Waals surface area contributed by atoms with Gasteiger partial charge in [0.15, 0.2) is 0 Å². The quantitative estimate of drug-likeness (QED) is 0.104. The zero-order valence-electron chi connectivity index (χ0n) is 25.3. The maximum Gasteiger partial charge on any atom is 0.310 e. The SMILES string of the molecule is COc1ccc2c(c1)c(CC(=O)OCCOC(C)N1CCN(CC(C)(C)SN=O)CC1)c(C)n2C(=O)c1ccc(Cl)cc1. The number of hydrogen-bond donors (Lipinski definition) is 0. The third kappa shape index (κ3) is 8.36. The lowest BCUT2D eigenvalue weighted by Gasteiger charge is -2.39. The van der Waals surface area contributed by atoms with Crippen LogP contribution in [-0.2, 0) is 20.7 Å². The first kappa shape index (κ1) is 32.9. The molecule has 43 heavy (non-hydrogen) atoms. The van der Waals surface area contributed by atoms with Crippen LogP contribution < -0.4 is 4.74 Å². The smallest absolute Gasteiger partial charge is 0.310 e. The van der Waals surface area contributed by atoms with Crippen LogP contribution in [0.15, 0.2) is 47.0 Å². The van der Waals surface area contributed by atoms with Crippen molar-refractivity contribution in [1.29, 1.82) is 0 Å². The predicted molar refractivity (Wildman–Crippen MR) is 170 cm³/mol. The van der Waals surface area contributed by atoms with Gasteiger partial charge in [-0.05, 0) is 75.7 Å². The lowest BCUT2D eigenvalue weighted by atomic mass is 10.1. The summed E-state index contributed by atoms with van der Waals surface area (Å²) < 4.78 is 21.3. The maximum atomic E-state index is 13.5. The van der Waals surface area contributed by atoms with E-state index in [-0.39, 0.29) is 36.5 Å². The van der Waals surface area contributed by atoms with E-state index in [1.165, 1.54) is 0 Å². The normalized spacial score (nSPS) is 15.4. The fraction of sp³-hybridized carbons (Fsp3) is 0.484. The first-order valence-corrected chi connectivity index (χ1v) is 15.4. The second-order valence-electron chi connectivity index (χ2n) is 11.2. The van der Waals surface area contributed by atoms with Crippen LogP contribution in [-0.4, -0.2) is 90.3 Å². The maximum absolute atomic E-state index is 13.5. The molecule has 0 N–H and O–H groups in total. The third-order valence-electron chi connectivity index (χ3n) is 7.67. The van der Waals surface area contributed by atoms with E-state index in [0.717, 1.165) is 50.1 Å².